The van der Waals surface area contributed by atoms with E-state index in [0.717, 1.165) is 16.9 Å². The van der Waals surface area contributed by atoms with Crippen molar-refractivity contribution in [3.8, 4) is 11.5 Å². The molecule has 0 bridgehead atoms. The number of rotatable bonds is 6. The van der Waals surface area contributed by atoms with Crippen molar-refractivity contribution in [2.75, 3.05) is 38.2 Å². The zero-order chi connectivity index (χ0) is 29.9. The van der Waals surface area contributed by atoms with Gasteiger partial charge in [-0.1, -0.05) is 18.2 Å². The number of para-hydroxylation sites is 1. The highest BCUT2D eigenvalue weighted by Gasteiger charge is 2.35. The number of benzene rings is 2. The van der Waals surface area contributed by atoms with Crippen LogP contribution >= 0.6 is 0 Å². The maximum Gasteiger partial charge on any atom is 0.414 e. The van der Waals surface area contributed by atoms with Gasteiger partial charge < -0.3 is 24.0 Å². The Morgan fingerprint density at radius 1 is 0.884 bits per heavy atom. The zero-order valence-corrected chi connectivity index (χ0v) is 24.5. The largest absolute Gasteiger partial charge is 0.496 e. The number of carbonyl (C=O) groups is 3. The first kappa shape index (κ1) is 28.5. The second-order valence-electron chi connectivity index (χ2n) is 11.2. The second-order valence-corrected chi connectivity index (χ2v) is 11.2. The van der Waals surface area contributed by atoms with Crippen LogP contribution in [-0.2, 0) is 11.3 Å². The maximum absolute atomic E-state index is 13.5. The summed E-state index contributed by atoms with van der Waals surface area (Å²) < 4.78 is 17.3. The minimum Gasteiger partial charge on any atom is -0.496 e. The van der Waals surface area contributed by atoms with E-state index >= 15 is 0 Å². The van der Waals surface area contributed by atoms with Gasteiger partial charge in [-0.3, -0.25) is 19.5 Å². The van der Waals surface area contributed by atoms with Crippen LogP contribution in [0.15, 0.2) is 60.8 Å². The number of hydrogen-bond acceptors (Lipinski definition) is 7. The molecule has 4 heterocycles. The highest BCUT2D eigenvalue weighted by atomic mass is 16.6. The summed E-state index contributed by atoms with van der Waals surface area (Å²) in [6.45, 7) is 4.37. The molecule has 0 unspecified atom stereocenters. The molecule has 3 aromatic rings. The predicted octanol–water partition coefficient (Wildman–Crippen LogP) is 4.84. The van der Waals surface area contributed by atoms with Crippen molar-refractivity contribution in [3.05, 3.63) is 83.2 Å². The molecule has 3 aliphatic rings. The van der Waals surface area contributed by atoms with Gasteiger partial charge in [0, 0.05) is 68.6 Å². The average molecular weight is 585 g/mol. The van der Waals surface area contributed by atoms with Crippen molar-refractivity contribution >= 4 is 23.6 Å². The van der Waals surface area contributed by atoms with Crippen LogP contribution in [0.1, 0.15) is 57.7 Å². The molecule has 2 aromatic carbocycles. The lowest BCUT2D eigenvalue weighted by molar-refractivity contribution is 0.0594. The number of pyridine rings is 1. The number of likely N-dealkylation sites (tertiary alicyclic amines) is 2. The third kappa shape index (κ3) is 5.86. The minimum absolute atomic E-state index is 0.00158. The number of hydrogen-bond donors (Lipinski definition) is 0. The summed E-state index contributed by atoms with van der Waals surface area (Å²) in [7, 11) is 1.55. The number of anilines is 1. The van der Waals surface area contributed by atoms with Crippen LogP contribution in [0, 0.1) is 6.92 Å². The molecule has 10 nitrogen and oxygen atoms in total. The molecule has 0 aliphatic carbocycles. The first-order chi connectivity index (χ1) is 20.9. The quantitative estimate of drug-likeness (QED) is 0.409. The third-order valence-electron chi connectivity index (χ3n) is 8.59. The Hall–Kier alpha value is -4.60. The van der Waals surface area contributed by atoms with E-state index in [4.69, 9.17) is 14.2 Å². The van der Waals surface area contributed by atoms with Gasteiger partial charge >= 0.3 is 6.09 Å². The van der Waals surface area contributed by atoms with Gasteiger partial charge in [0.15, 0.2) is 0 Å². The number of cyclic esters (lactones) is 1. The summed E-state index contributed by atoms with van der Waals surface area (Å²) in [6, 6.07) is 16.7. The Kier molecular flexibility index (Phi) is 8.18. The number of ether oxygens (including phenoxy) is 3. The minimum atomic E-state index is -0.332. The Balaban J connectivity index is 1.05. The van der Waals surface area contributed by atoms with Gasteiger partial charge in [0.2, 0.25) is 0 Å². The van der Waals surface area contributed by atoms with Crippen LogP contribution in [0.5, 0.6) is 11.5 Å². The van der Waals surface area contributed by atoms with Gasteiger partial charge in [-0.15, -0.1) is 0 Å². The molecular formula is C33H36N4O6. The number of piperidine rings is 2. The van der Waals surface area contributed by atoms with Crippen molar-refractivity contribution in [1.82, 2.24) is 14.8 Å². The normalized spacial score (nSPS) is 17.7. The number of fused-ring (bicyclic) bond motifs is 1. The smallest absolute Gasteiger partial charge is 0.414 e. The molecule has 2 saturated heterocycles. The van der Waals surface area contributed by atoms with Gasteiger partial charge in [0.25, 0.3) is 11.8 Å². The van der Waals surface area contributed by atoms with Crippen molar-refractivity contribution in [2.45, 2.75) is 51.4 Å². The lowest BCUT2D eigenvalue weighted by Gasteiger charge is -2.40. The Morgan fingerprint density at radius 3 is 2.30 bits per heavy atom. The molecular weight excluding hydrogens is 548 g/mol. The highest BCUT2D eigenvalue weighted by molar-refractivity contribution is 5.97. The van der Waals surface area contributed by atoms with Crippen LogP contribution in [0.2, 0.25) is 0 Å². The SMILES string of the molecule is COc1cc(OC2CCN(C(=O)c3cccnc3C)CC2)ccc1C(=O)N1CCC(N2C(=O)OCc3ccccc32)CC1. The first-order valence-electron chi connectivity index (χ1n) is 14.8. The van der Waals surface area contributed by atoms with Gasteiger partial charge in [0.05, 0.1) is 23.9 Å². The van der Waals surface area contributed by atoms with E-state index in [1.165, 1.54) is 0 Å². The molecule has 2 fully saturated rings. The highest BCUT2D eigenvalue weighted by Crippen LogP contribution is 2.33. The van der Waals surface area contributed by atoms with E-state index < -0.39 is 0 Å². The van der Waals surface area contributed by atoms with E-state index in [2.05, 4.69) is 4.98 Å². The number of aryl methyl sites for hydroxylation is 1. The van der Waals surface area contributed by atoms with Gasteiger partial charge in [-0.25, -0.2) is 4.79 Å². The summed E-state index contributed by atoms with van der Waals surface area (Å²) in [6.07, 6.45) is 4.03. The molecule has 0 atom stereocenters. The lowest BCUT2D eigenvalue weighted by Crippen LogP contribution is -2.50. The fourth-order valence-electron chi connectivity index (χ4n) is 6.19. The Bertz CT molecular complexity index is 1510. The van der Waals surface area contributed by atoms with E-state index in [0.29, 0.717) is 74.5 Å². The van der Waals surface area contributed by atoms with Crippen molar-refractivity contribution < 1.29 is 28.6 Å². The Morgan fingerprint density at radius 2 is 1.58 bits per heavy atom. The monoisotopic (exact) mass is 584 g/mol. The van der Waals surface area contributed by atoms with Gasteiger partial charge in [-0.2, -0.15) is 0 Å². The lowest BCUT2D eigenvalue weighted by atomic mass is 10.00. The fourth-order valence-corrected chi connectivity index (χ4v) is 6.19. The molecule has 43 heavy (non-hydrogen) atoms. The average Bonchev–Trinajstić information content (AvgIpc) is 3.05. The molecule has 0 radical (unpaired) electrons. The molecule has 0 N–H and O–H groups in total. The second kappa shape index (κ2) is 12.3. The summed E-state index contributed by atoms with van der Waals surface area (Å²) >= 11 is 0. The zero-order valence-electron chi connectivity index (χ0n) is 24.5. The topological polar surface area (TPSA) is 102 Å². The molecule has 1 aromatic heterocycles. The molecule has 0 spiro atoms. The van der Waals surface area contributed by atoms with Crippen molar-refractivity contribution in [2.24, 2.45) is 0 Å². The van der Waals surface area contributed by atoms with Crippen LogP contribution in [0.25, 0.3) is 0 Å². The molecule has 3 aliphatic heterocycles. The van der Waals surface area contributed by atoms with E-state index in [1.54, 1.807) is 42.5 Å². The van der Waals surface area contributed by atoms with Gasteiger partial charge in [0.1, 0.15) is 24.2 Å². The molecule has 6 rings (SSSR count). The number of methoxy groups -OCH3 is 1. The number of amides is 3. The maximum atomic E-state index is 13.5. The number of carbonyl (C=O) groups excluding carboxylic acids is 3. The fraction of sp³-hybridized carbons (Fsp3) is 0.394. The standard InChI is InChI=1S/C33H36N4O6/c1-22-27(7-5-15-34-22)31(38)36-18-13-25(14-19-36)43-26-9-10-28(30(20-26)41-2)32(39)35-16-11-24(12-17-35)37-29-8-4-3-6-23(29)21-42-33(37)40/h3-10,15,20,24-25H,11-14,16-19,21H2,1-2H3. The van der Waals surface area contributed by atoms with E-state index in [-0.39, 0.29) is 36.7 Å². The van der Waals surface area contributed by atoms with E-state index in [1.807, 2.05) is 47.1 Å². The molecule has 3 amide bonds. The van der Waals surface area contributed by atoms with Crippen LogP contribution in [0.4, 0.5) is 10.5 Å². The van der Waals surface area contributed by atoms with Crippen LogP contribution in [0.3, 0.4) is 0 Å². The summed E-state index contributed by atoms with van der Waals surface area (Å²) in [5.41, 5.74) is 3.72. The van der Waals surface area contributed by atoms with E-state index in [9.17, 15) is 14.4 Å². The van der Waals surface area contributed by atoms with Crippen molar-refractivity contribution in [3.63, 3.8) is 0 Å². The summed E-state index contributed by atoms with van der Waals surface area (Å²) in [5.74, 6) is 0.972. The number of nitrogens with zero attached hydrogens (tertiary/aromatic N) is 4. The van der Waals surface area contributed by atoms with Crippen molar-refractivity contribution in [1.29, 1.82) is 0 Å². The first-order valence-corrected chi connectivity index (χ1v) is 14.8. The summed E-state index contributed by atoms with van der Waals surface area (Å²) in [5, 5.41) is 0. The Labute approximate surface area is 251 Å². The third-order valence-corrected chi connectivity index (χ3v) is 8.59. The molecule has 0 saturated carbocycles. The van der Waals surface area contributed by atoms with Crippen LogP contribution in [-0.4, -0.2) is 78.1 Å². The molecule has 224 valence electrons. The molecule has 10 heteroatoms. The van der Waals surface area contributed by atoms with Gasteiger partial charge in [-0.05, 0) is 50.1 Å². The van der Waals surface area contributed by atoms with Crippen LogP contribution < -0.4 is 14.4 Å². The predicted molar refractivity (Wildman–Crippen MR) is 160 cm³/mol. The number of aromatic nitrogens is 1. The summed E-state index contributed by atoms with van der Waals surface area (Å²) in [4.78, 5) is 48.7.